The molecule has 33 heavy (non-hydrogen) atoms. The predicted octanol–water partition coefficient (Wildman–Crippen LogP) is 7.21. The van der Waals surface area contributed by atoms with Crippen LogP contribution in [0.25, 0.3) is 33.6 Å². The van der Waals surface area contributed by atoms with Crippen molar-refractivity contribution in [3.63, 3.8) is 0 Å². The number of benzene rings is 2. The van der Waals surface area contributed by atoms with Crippen molar-refractivity contribution in [2.24, 2.45) is 0 Å². The number of aryl methyl sites for hydroxylation is 1. The zero-order valence-electron chi connectivity index (χ0n) is 18.2. The minimum atomic E-state index is -0.390. The van der Waals surface area contributed by atoms with Crippen LogP contribution in [0.3, 0.4) is 0 Å². The molecule has 0 aliphatic heterocycles. The van der Waals surface area contributed by atoms with Crippen LogP contribution in [-0.4, -0.2) is 22.1 Å². The summed E-state index contributed by atoms with van der Waals surface area (Å²) in [5.41, 5.74) is 5.55. The first-order chi connectivity index (χ1) is 16.0. The molecule has 0 radical (unpaired) electrons. The second kappa shape index (κ2) is 8.89. The van der Waals surface area contributed by atoms with Gasteiger partial charge in [0.15, 0.2) is 5.58 Å². The summed E-state index contributed by atoms with van der Waals surface area (Å²) in [7, 11) is 0. The van der Waals surface area contributed by atoms with E-state index in [1.807, 2.05) is 71.5 Å². The first-order valence-electron chi connectivity index (χ1n) is 10.6. The number of carbonyl (C=O) groups excluding carboxylic acids is 1. The zero-order valence-corrected chi connectivity index (χ0v) is 19.7. The number of rotatable bonds is 6. The van der Waals surface area contributed by atoms with Gasteiger partial charge in [-0.05, 0) is 31.5 Å². The molecule has 3 aromatic heterocycles. The van der Waals surface area contributed by atoms with E-state index in [0.29, 0.717) is 29.5 Å². The maximum absolute atomic E-state index is 12.9. The third-order valence-corrected chi connectivity index (χ3v) is 6.45. The summed E-state index contributed by atoms with van der Waals surface area (Å²) in [6, 6.07) is 19.3. The number of thiazole rings is 1. The molecule has 3 heterocycles. The molecule has 7 heteroatoms. The van der Waals surface area contributed by atoms with Gasteiger partial charge in [0.25, 0.3) is 0 Å². The number of carbonyl (C=O) groups is 1. The highest BCUT2D eigenvalue weighted by Gasteiger charge is 2.26. The zero-order chi connectivity index (χ0) is 22.9. The summed E-state index contributed by atoms with van der Waals surface area (Å²) in [4.78, 5) is 17.5. The standard InChI is InChI=1S/C26H21ClN2O3S/c1-3-31-26(30)21-13-22-24(29(21)14-20-15-33-16(2)28-20)23(17-9-11-19(27)12-10-17)25(32-22)18-7-5-4-6-8-18/h4-13,15H,3,14H2,1-2H3. The molecular weight excluding hydrogens is 456 g/mol. The third kappa shape index (κ3) is 4.08. The fourth-order valence-electron chi connectivity index (χ4n) is 3.99. The Balaban J connectivity index is 1.80. The molecule has 0 bridgehead atoms. The summed E-state index contributed by atoms with van der Waals surface area (Å²) in [6.07, 6.45) is 0. The van der Waals surface area contributed by atoms with Crippen LogP contribution in [0, 0.1) is 6.92 Å². The van der Waals surface area contributed by atoms with Gasteiger partial charge in [0.05, 0.1) is 34.9 Å². The topological polar surface area (TPSA) is 57.3 Å². The Hall–Kier alpha value is -3.35. The molecule has 0 atom stereocenters. The Morgan fingerprint density at radius 1 is 1.12 bits per heavy atom. The molecule has 0 aliphatic carbocycles. The molecular formula is C26H21ClN2O3S. The molecule has 5 nitrogen and oxygen atoms in total. The monoisotopic (exact) mass is 476 g/mol. The molecule has 0 N–H and O–H groups in total. The van der Waals surface area contributed by atoms with Crippen molar-refractivity contribution in [1.29, 1.82) is 0 Å². The lowest BCUT2D eigenvalue weighted by Gasteiger charge is -2.11. The van der Waals surface area contributed by atoms with Crippen LogP contribution in [0.5, 0.6) is 0 Å². The van der Waals surface area contributed by atoms with Crippen molar-refractivity contribution < 1.29 is 13.9 Å². The predicted molar refractivity (Wildman–Crippen MR) is 132 cm³/mol. The van der Waals surface area contributed by atoms with E-state index in [1.165, 1.54) is 0 Å². The number of ether oxygens (including phenoxy) is 1. The van der Waals surface area contributed by atoms with Crippen LogP contribution >= 0.6 is 22.9 Å². The normalized spacial score (nSPS) is 11.2. The van der Waals surface area contributed by atoms with E-state index in [2.05, 4.69) is 4.98 Å². The Morgan fingerprint density at radius 3 is 2.55 bits per heavy atom. The van der Waals surface area contributed by atoms with Crippen molar-refractivity contribution >= 4 is 40.0 Å². The summed E-state index contributed by atoms with van der Waals surface area (Å²) in [5, 5.41) is 3.64. The second-order valence-corrected chi connectivity index (χ2v) is 9.08. The number of fused-ring (bicyclic) bond motifs is 1. The first-order valence-corrected chi connectivity index (χ1v) is 11.9. The van der Waals surface area contributed by atoms with Gasteiger partial charge in [-0.2, -0.15) is 0 Å². The number of hydrogen-bond acceptors (Lipinski definition) is 5. The highest BCUT2D eigenvalue weighted by Crippen LogP contribution is 2.42. The lowest BCUT2D eigenvalue weighted by Crippen LogP contribution is -2.13. The summed E-state index contributed by atoms with van der Waals surface area (Å²) in [5.74, 6) is 0.348. The van der Waals surface area contributed by atoms with E-state index >= 15 is 0 Å². The summed E-state index contributed by atoms with van der Waals surface area (Å²) in [6.45, 7) is 4.48. The quantitative estimate of drug-likeness (QED) is 0.243. The molecule has 2 aromatic carbocycles. The average molecular weight is 477 g/mol. The van der Waals surface area contributed by atoms with Gasteiger partial charge >= 0.3 is 5.97 Å². The van der Waals surface area contributed by atoms with Crippen molar-refractivity contribution in [3.05, 3.63) is 87.5 Å². The number of halogens is 1. The van der Waals surface area contributed by atoms with E-state index < -0.39 is 0 Å². The van der Waals surface area contributed by atoms with Crippen molar-refractivity contribution in [2.75, 3.05) is 6.61 Å². The molecule has 0 unspecified atom stereocenters. The minimum absolute atomic E-state index is 0.292. The third-order valence-electron chi connectivity index (χ3n) is 5.38. The van der Waals surface area contributed by atoms with Crippen LogP contribution in [0.15, 0.2) is 70.5 Å². The van der Waals surface area contributed by atoms with Gasteiger partial charge in [0.1, 0.15) is 11.5 Å². The Bertz CT molecular complexity index is 1430. The Morgan fingerprint density at radius 2 is 1.88 bits per heavy atom. The average Bonchev–Trinajstić information content (AvgIpc) is 3.50. The highest BCUT2D eigenvalue weighted by molar-refractivity contribution is 7.09. The number of hydrogen-bond donors (Lipinski definition) is 0. The lowest BCUT2D eigenvalue weighted by molar-refractivity contribution is 0.0515. The molecule has 0 saturated carbocycles. The van der Waals surface area contributed by atoms with Crippen molar-refractivity contribution in [2.45, 2.75) is 20.4 Å². The van der Waals surface area contributed by atoms with Gasteiger partial charge in [0.2, 0.25) is 0 Å². The van der Waals surface area contributed by atoms with E-state index in [-0.39, 0.29) is 5.97 Å². The van der Waals surface area contributed by atoms with Crippen LogP contribution in [0.4, 0.5) is 0 Å². The fraction of sp³-hybridized carbons (Fsp3) is 0.154. The Labute approximate surface area is 200 Å². The molecule has 0 spiro atoms. The summed E-state index contributed by atoms with van der Waals surface area (Å²) >= 11 is 7.75. The SMILES string of the molecule is CCOC(=O)c1cc2oc(-c3ccccc3)c(-c3ccc(Cl)cc3)c2n1Cc1csc(C)n1. The number of furan rings is 1. The van der Waals surface area contributed by atoms with Crippen molar-refractivity contribution in [3.8, 4) is 22.5 Å². The number of esters is 1. The maximum Gasteiger partial charge on any atom is 0.355 e. The Kier molecular flexibility index (Phi) is 5.79. The van der Waals surface area contributed by atoms with Crippen molar-refractivity contribution in [1.82, 2.24) is 9.55 Å². The maximum atomic E-state index is 12.9. The van der Waals surface area contributed by atoms with Crippen LogP contribution in [0.1, 0.15) is 28.1 Å². The van der Waals surface area contributed by atoms with E-state index in [4.69, 9.17) is 20.8 Å². The van der Waals surface area contributed by atoms with Gasteiger partial charge in [0, 0.05) is 22.0 Å². The van der Waals surface area contributed by atoms with Crippen LogP contribution in [0.2, 0.25) is 5.02 Å². The minimum Gasteiger partial charge on any atom is -0.461 e. The largest absolute Gasteiger partial charge is 0.461 e. The molecule has 5 aromatic rings. The van der Waals surface area contributed by atoms with Crippen LogP contribution < -0.4 is 0 Å². The molecule has 0 saturated heterocycles. The highest BCUT2D eigenvalue weighted by atomic mass is 35.5. The molecule has 166 valence electrons. The van der Waals surface area contributed by atoms with Gasteiger partial charge in [-0.25, -0.2) is 9.78 Å². The van der Waals surface area contributed by atoms with Gasteiger partial charge < -0.3 is 13.7 Å². The lowest BCUT2D eigenvalue weighted by atomic mass is 10.0. The van der Waals surface area contributed by atoms with E-state index in [9.17, 15) is 4.79 Å². The van der Waals surface area contributed by atoms with E-state index in [0.717, 1.165) is 38.7 Å². The van der Waals surface area contributed by atoms with Gasteiger partial charge in [-0.3, -0.25) is 0 Å². The van der Waals surface area contributed by atoms with Crippen LogP contribution in [-0.2, 0) is 11.3 Å². The second-order valence-electron chi connectivity index (χ2n) is 7.59. The molecule has 0 aliphatic rings. The molecule has 0 amide bonds. The van der Waals surface area contributed by atoms with Gasteiger partial charge in [-0.15, -0.1) is 11.3 Å². The summed E-state index contributed by atoms with van der Waals surface area (Å²) < 4.78 is 13.7. The first kappa shape index (κ1) is 21.5. The molecule has 0 fully saturated rings. The molecule has 5 rings (SSSR count). The smallest absolute Gasteiger partial charge is 0.355 e. The fourth-order valence-corrected chi connectivity index (χ4v) is 4.72. The number of aromatic nitrogens is 2. The number of nitrogens with zero attached hydrogens (tertiary/aromatic N) is 2. The van der Waals surface area contributed by atoms with E-state index in [1.54, 1.807) is 24.3 Å². The van der Waals surface area contributed by atoms with Gasteiger partial charge in [-0.1, -0.05) is 54.1 Å².